The van der Waals surface area contributed by atoms with Crippen molar-refractivity contribution in [3.63, 3.8) is 0 Å². The van der Waals surface area contributed by atoms with Crippen LogP contribution in [-0.2, 0) is 14.3 Å². The lowest BCUT2D eigenvalue weighted by atomic mass is 9.78. The van der Waals surface area contributed by atoms with Gasteiger partial charge in [-0.1, -0.05) is 42.5 Å². The molecule has 3 aromatic rings. The van der Waals surface area contributed by atoms with Crippen LogP contribution >= 0.6 is 11.3 Å². The Bertz CT molecular complexity index is 1240. The third-order valence-corrected chi connectivity index (χ3v) is 7.99. The molecule has 0 radical (unpaired) electrons. The number of rotatable bonds is 6. The Balaban J connectivity index is 1.53. The van der Waals surface area contributed by atoms with Gasteiger partial charge in [-0.2, -0.15) is 0 Å². The molecule has 33 heavy (non-hydrogen) atoms. The molecule has 0 saturated heterocycles. The van der Waals surface area contributed by atoms with Crippen LogP contribution in [0.1, 0.15) is 36.5 Å². The van der Waals surface area contributed by atoms with Gasteiger partial charge in [0.15, 0.2) is 0 Å². The molecular formula is C26H25NO5S. The summed E-state index contributed by atoms with van der Waals surface area (Å²) >= 11 is 1.27. The second kappa shape index (κ2) is 8.63. The van der Waals surface area contributed by atoms with Gasteiger partial charge in [0, 0.05) is 10.9 Å². The molecule has 2 fully saturated rings. The van der Waals surface area contributed by atoms with Gasteiger partial charge in [0.2, 0.25) is 5.91 Å². The van der Waals surface area contributed by atoms with E-state index in [1.807, 2.05) is 47.8 Å². The number of hydrogen-bond acceptors (Lipinski definition) is 5. The van der Waals surface area contributed by atoms with E-state index >= 15 is 0 Å². The van der Waals surface area contributed by atoms with E-state index in [1.165, 1.54) is 11.3 Å². The summed E-state index contributed by atoms with van der Waals surface area (Å²) in [7, 11) is 0. The van der Waals surface area contributed by atoms with Crippen molar-refractivity contribution in [3.05, 3.63) is 53.4 Å². The predicted molar refractivity (Wildman–Crippen MR) is 127 cm³/mol. The van der Waals surface area contributed by atoms with Crippen LogP contribution in [-0.4, -0.2) is 29.6 Å². The normalized spacial score (nSPS) is 23.5. The summed E-state index contributed by atoms with van der Waals surface area (Å²) in [5.41, 5.74) is 1.91. The highest BCUT2D eigenvalue weighted by Crippen LogP contribution is 2.53. The Morgan fingerprint density at radius 2 is 1.76 bits per heavy atom. The number of aliphatic carboxylic acids is 1. The number of thiophene rings is 1. The van der Waals surface area contributed by atoms with Gasteiger partial charge < -0.3 is 15.2 Å². The number of anilines is 1. The highest BCUT2D eigenvalue weighted by molar-refractivity contribution is 7.15. The third kappa shape index (κ3) is 3.70. The fourth-order valence-electron chi connectivity index (χ4n) is 5.73. The molecule has 2 aromatic carbocycles. The van der Waals surface area contributed by atoms with Crippen LogP contribution in [0.25, 0.3) is 21.9 Å². The smallest absolute Gasteiger partial charge is 0.341 e. The first-order valence-corrected chi connectivity index (χ1v) is 12.2. The highest BCUT2D eigenvalue weighted by Gasteiger charge is 2.54. The van der Waals surface area contributed by atoms with Gasteiger partial charge in [-0.25, -0.2) is 4.79 Å². The van der Waals surface area contributed by atoms with Crippen molar-refractivity contribution in [2.75, 3.05) is 11.9 Å². The summed E-state index contributed by atoms with van der Waals surface area (Å²) in [6.45, 7) is 1.96. The van der Waals surface area contributed by atoms with Crippen LogP contribution < -0.4 is 5.32 Å². The van der Waals surface area contributed by atoms with Crippen molar-refractivity contribution < 1.29 is 24.2 Å². The van der Waals surface area contributed by atoms with Gasteiger partial charge >= 0.3 is 11.9 Å². The molecule has 1 heterocycles. The number of fused-ring (bicyclic) bond motifs is 3. The van der Waals surface area contributed by atoms with E-state index < -0.39 is 23.8 Å². The second-order valence-electron chi connectivity index (χ2n) is 8.81. The van der Waals surface area contributed by atoms with E-state index in [-0.39, 0.29) is 24.3 Å². The number of nitrogens with one attached hydrogen (secondary N) is 1. The van der Waals surface area contributed by atoms with Crippen LogP contribution in [0.15, 0.2) is 47.8 Å². The lowest BCUT2D eigenvalue weighted by Gasteiger charge is -2.27. The minimum absolute atomic E-state index is 0.0577. The van der Waals surface area contributed by atoms with Gasteiger partial charge in [-0.3, -0.25) is 9.59 Å². The van der Waals surface area contributed by atoms with Crippen LogP contribution in [0.4, 0.5) is 5.00 Å². The van der Waals surface area contributed by atoms with Crippen LogP contribution in [0, 0.1) is 23.7 Å². The maximum atomic E-state index is 13.3. The highest BCUT2D eigenvalue weighted by atomic mass is 32.1. The van der Waals surface area contributed by atoms with Crippen molar-refractivity contribution in [1.82, 2.24) is 0 Å². The summed E-state index contributed by atoms with van der Waals surface area (Å²) in [5, 5.41) is 17.0. The molecule has 2 aliphatic rings. The first-order chi connectivity index (χ1) is 16.0. The molecule has 5 rings (SSSR count). The van der Waals surface area contributed by atoms with E-state index in [2.05, 4.69) is 5.32 Å². The molecule has 2 saturated carbocycles. The maximum Gasteiger partial charge on any atom is 0.341 e. The zero-order valence-electron chi connectivity index (χ0n) is 18.2. The fourth-order valence-corrected chi connectivity index (χ4v) is 6.68. The third-order valence-electron chi connectivity index (χ3n) is 7.09. The number of carbonyl (C=O) groups is 3. The second-order valence-corrected chi connectivity index (χ2v) is 9.69. The molecular weight excluding hydrogens is 438 g/mol. The molecule has 6 nitrogen and oxygen atoms in total. The Hall–Kier alpha value is -3.19. The van der Waals surface area contributed by atoms with Crippen molar-refractivity contribution in [1.29, 1.82) is 0 Å². The number of hydrogen-bond donors (Lipinski definition) is 2. The number of esters is 1. The SMILES string of the molecule is CCOC(=O)c1c(-c2cccc3ccccc23)csc1NC(=O)[C@@H]1[C@H]2CC[C@@H](C2)[C@@H]1C(=O)O. The van der Waals surface area contributed by atoms with E-state index in [0.29, 0.717) is 16.1 Å². The zero-order chi connectivity index (χ0) is 23.1. The molecule has 2 aliphatic carbocycles. The Morgan fingerprint density at radius 3 is 2.52 bits per heavy atom. The fraction of sp³-hybridized carbons (Fsp3) is 0.346. The summed E-state index contributed by atoms with van der Waals surface area (Å²) in [6, 6.07) is 13.8. The molecule has 1 aromatic heterocycles. The molecule has 1 amide bonds. The number of carboxylic acid groups (broad SMARTS) is 1. The minimum atomic E-state index is -0.907. The van der Waals surface area contributed by atoms with Crippen molar-refractivity contribution in [2.45, 2.75) is 26.2 Å². The molecule has 0 aliphatic heterocycles. The number of amides is 1. The maximum absolute atomic E-state index is 13.3. The largest absolute Gasteiger partial charge is 0.481 e. The van der Waals surface area contributed by atoms with E-state index in [4.69, 9.17) is 4.74 Å². The van der Waals surface area contributed by atoms with Gasteiger partial charge in [0.05, 0.1) is 18.4 Å². The number of ether oxygens (including phenoxy) is 1. The van der Waals surface area contributed by atoms with E-state index in [1.54, 1.807) is 6.92 Å². The zero-order valence-corrected chi connectivity index (χ0v) is 19.1. The molecule has 0 unspecified atom stereocenters. The van der Waals surface area contributed by atoms with Crippen molar-refractivity contribution in [3.8, 4) is 11.1 Å². The van der Waals surface area contributed by atoms with Gasteiger partial charge in [-0.05, 0) is 54.4 Å². The van der Waals surface area contributed by atoms with Crippen molar-refractivity contribution in [2.24, 2.45) is 23.7 Å². The quantitative estimate of drug-likeness (QED) is 0.476. The predicted octanol–water partition coefficient (Wildman–Crippen LogP) is 5.43. The van der Waals surface area contributed by atoms with Crippen molar-refractivity contribution >= 4 is 45.0 Å². The Morgan fingerprint density at radius 1 is 1.03 bits per heavy atom. The molecule has 0 spiro atoms. The van der Waals surface area contributed by atoms with E-state index in [9.17, 15) is 19.5 Å². The van der Waals surface area contributed by atoms with Crippen LogP contribution in [0.3, 0.4) is 0 Å². The monoisotopic (exact) mass is 463 g/mol. The average molecular weight is 464 g/mol. The number of carboxylic acids is 1. The standard InChI is InChI=1S/C26H25NO5S/c1-2-32-26(31)22-19(18-9-5-7-14-6-3-4-8-17(14)18)13-33-24(22)27-23(28)20-15-10-11-16(12-15)21(20)25(29)30/h3-9,13,15-16,20-21H,2,10-12H2,1H3,(H,27,28)(H,29,30)/t15-,16-,20+,21-/m0/s1. The first kappa shape index (κ1) is 21.6. The first-order valence-electron chi connectivity index (χ1n) is 11.3. The lowest BCUT2D eigenvalue weighted by molar-refractivity contribution is -0.148. The molecule has 7 heteroatoms. The van der Waals surface area contributed by atoms with Crippen LogP contribution in [0.2, 0.25) is 0 Å². The summed E-state index contributed by atoms with van der Waals surface area (Å²) in [6.07, 6.45) is 2.53. The molecule has 2 bridgehead atoms. The Kier molecular flexibility index (Phi) is 5.66. The summed E-state index contributed by atoms with van der Waals surface area (Å²) in [5.74, 6) is -2.81. The summed E-state index contributed by atoms with van der Waals surface area (Å²) < 4.78 is 5.34. The molecule has 2 N–H and O–H groups in total. The molecule has 170 valence electrons. The van der Waals surface area contributed by atoms with Gasteiger partial charge in [0.25, 0.3) is 0 Å². The average Bonchev–Trinajstić information content (AvgIpc) is 3.53. The van der Waals surface area contributed by atoms with E-state index in [0.717, 1.165) is 35.6 Å². The number of carbonyl (C=O) groups excluding carboxylic acids is 2. The summed E-state index contributed by atoms with van der Waals surface area (Å²) in [4.78, 5) is 38.2. The minimum Gasteiger partial charge on any atom is -0.481 e. The van der Waals surface area contributed by atoms with Crippen LogP contribution in [0.5, 0.6) is 0 Å². The van der Waals surface area contributed by atoms with Gasteiger partial charge in [0.1, 0.15) is 10.6 Å². The molecule has 4 atom stereocenters. The lowest BCUT2D eigenvalue weighted by Crippen LogP contribution is -2.37. The Labute approximate surface area is 195 Å². The van der Waals surface area contributed by atoms with Gasteiger partial charge in [-0.15, -0.1) is 11.3 Å². The topological polar surface area (TPSA) is 92.7 Å². The number of benzene rings is 2.